The number of hydrogen-bond donors (Lipinski definition) is 0. The molecule has 0 fully saturated rings. The van der Waals surface area contributed by atoms with Crippen molar-refractivity contribution in [2.75, 3.05) is 40.6 Å². The highest BCUT2D eigenvalue weighted by Gasteiger charge is 2.10. The van der Waals surface area contributed by atoms with Crippen LogP contribution in [0.25, 0.3) is 0 Å². The first kappa shape index (κ1) is 24.1. The lowest BCUT2D eigenvalue weighted by molar-refractivity contribution is -0.140. The maximum atomic E-state index is 6.01. The van der Waals surface area contributed by atoms with Gasteiger partial charge in [-0.1, -0.05) is 30.1 Å². The first-order valence-corrected chi connectivity index (χ1v) is 9.81. The highest BCUT2D eigenvalue weighted by Crippen LogP contribution is 2.30. The van der Waals surface area contributed by atoms with Gasteiger partial charge in [-0.15, -0.1) is 0 Å². The fourth-order valence-electron chi connectivity index (χ4n) is 2.46. The largest absolute Gasteiger partial charge is 0.493 e. The summed E-state index contributed by atoms with van der Waals surface area (Å²) in [7, 11) is 3.19. The molecule has 0 spiro atoms. The van der Waals surface area contributed by atoms with E-state index in [-0.39, 0.29) is 10.8 Å². The molecular weight excluding hydrogens is 391 g/mol. The molecule has 1 aromatic rings. The van der Waals surface area contributed by atoms with Crippen molar-refractivity contribution in [3.8, 4) is 11.5 Å². The van der Waals surface area contributed by atoms with Gasteiger partial charge < -0.3 is 23.7 Å². The topological polar surface area (TPSA) is 46.2 Å². The Bertz CT molecular complexity index is 570. The summed E-state index contributed by atoms with van der Waals surface area (Å²) >= 11 is 11.2. The summed E-state index contributed by atoms with van der Waals surface area (Å²) in [6, 6.07) is 3.96. The van der Waals surface area contributed by atoms with Gasteiger partial charge in [-0.05, 0) is 55.5 Å². The van der Waals surface area contributed by atoms with E-state index >= 15 is 0 Å². The monoisotopic (exact) mass is 420 g/mol. The van der Waals surface area contributed by atoms with Gasteiger partial charge in [0, 0.05) is 20.8 Å². The normalized spacial score (nSPS) is 10.9. The summed E-state index contributed by atoms with van der Waals surface area (Å²) in [6.45, 7) is 6.16. The second-order valence-electron chi connectivity index (χ2n) is 5.92. The maximum absolute atomic E-state index is 6.01. The number of hydrogen-bond acceptors (Lipinski definition) is 5. The molecule has 0 N–H and O–H groups in total. The third-order valence-electron chi connectivity index (χ3n) is 3.90. The molecule has 0 aliphatic heterocycles. The van der Waals surface area contributed by atoms with E-state index in [1.54, 1.807) is 20.3 Å². The Balaban J connectivity index is 2.42. The molecule has 0 bridgehead atoms. The summed E-state index contributed by atoms with van der Waals surface area (Å²) in [5.41, 5.74) is 2.16. The van der Waals surface area contributed by atoms with Crippen molar-refractivity contribution in [1.29, 1.82) is 0 Å². The maximum Gasteiger partial charge on any atom is 0.180 e. The Kier molecular flexibility index (Phi) is 12.5. The molecule has 7 heteroatoms. The van der Waals surface area contributed by atoms with E-state index < -0.39 is 0 Å². The number of halogens is 2. The zero-order chi connectivity index (χ0) is 20.1. The van der Waals surface area contributed by atoms with E-state index in [0.717, 1.165) is 41.9 Å². The van der Waals surface area contributed by atoms with Crippen LogP contribution in [0.15, 0.2) is 22.7 Å². The third kappa shape index (κ3) is 9.67. The Morgan fingerprint density at radius 1 is 1.07 bits per heavy atom. The van der Waals surface area contributed by atoms with Crippen LogP contribution < -0.4 is 9.47 Å². The van der Waals surface area contributed by atoms with Crippen LogP contribution >= 0.6 is 23.2 Å². The second-order valence-corrected chi connectivity index (χ2v) is 6.93. The van der Waals surface area contributed by atoms with Gasteiger partial charge in [0.05, 0.1) is 13.2 Å². The van der Waals surface area contributed by atoms with Gasteiger partial charge in [0.2, 0.25) is 0 Å². The van der Waals surface area contributed by atoms with E-state index in [4.69, 9.17) is 46.9 Å². The Labute approximate surface area is 172 Å². The van der Waals surface area contributed by atoms with Gasteiger partial charge in [0.15, 0.2) is 6.29 Å². The van der Waals surface area contributed by atoms with Crippen LogP contribution in [0.1, 0.15) is 30.9 Å². The molecule has 1 aromatic carbocycles. The first-order chi connectivity index (χ1) is 13.0. The zero-order valence-electron chi connectivity index (χ0n) is 16.6. The molecule has 0 atom stereocenters. The number of benzene rings is 1. The summed E-state index contributed by atoms with van der Waals surface area (Å²) in [6.07, 6.45) is 3.97. The van der Waals surface area contributed by atoms with E-state index in [1.165, 1.54) is 0 Å². The molecule has 0 radical (unpaired) electrons. The van der Waals surface area contributed by atoms with Crippen LogP contribution in [0, 0.1) is 6.92 Å². The first-order valence-electron chi connectivity index (χ1n) is 9.05. The van der Waals surface area contributed by atoms with Gasteiger partial charge in [-0.2, -0.15) is 0 Å². The van der Waals surface area contributed by atoms with Crippen molar-refractivity contribution in [3.63, 3.8) is 0 Å². The number of rotatable bonds is 14. The summed E-state index contributed by atoms with van der Waals surface area (Å²) < 4.78 is 27.5. The van der Waals surface area contributed by atoms with E-state index in [2.05, 4.69) is 6.92 Å². The van der Waals surface area contributed by atoms with Crippen LogP contribution in [0.5, 0.6) is 11.5 Å². The van der Waals surface area contributed by atoms with E-state index in [0.29, 0.717) is 26.4 Å². The lowest BCUT2D eigenvalue weighted by atomic mass is 10.1. The average Bonchev–Trinajstić information content (AvgIpc) is 2.64. The molecule has 0 amide bonds. The predicted molar refractivity (Wildman–Crippen MR) is 109 cm³/mol. The van der Waals surface area contributed by atoms with Crippen LogP contribution in [-0.4, -0.2) is 46.9 Å². The molecular formula is C20H30Cl2O5. The van der Waals surface area contributed by atoms with Gasteiger partial charge in [0.25, 0.3) is 0 Å². The molecule has 27 heavy (non-hydrogen) atoms. The molecule has 0 heterocycles. The molecule has 5 nitrogen and oxygen atoms in total. The Morgan fingerprint density at radius 3 is 2.41 bits per heavy atom. The van der Waals surface area contributed by atoms with Crippen molar-refractivity contribution in [3.05, 3.63) is 33.8 Å². The van der Waals surface area contributed by atoms with Gasteiger partial charge in [0.1, 0.15) is 22.6 Å². The standard InChI is InChI=1S/C20H30Cl2O5/c1-5-16-13-17(26-11-8-18(21)22)12-15(2)20(16)27-10-7-6-9-25-14-19(23-3)24-4/h8,12-13,19H,5-7,9-11,14H2,1-4H3. The fraction of sp³-hybridized carbons (Fsp3) is 0.600. The fourth-order valence-corrected chi connectivity index (χ4v) is 2.58. The second kappa shape index (κ2) is 14.1. The molecule has 0 aromatic heterocycles. The molecule has 0 saturated heterocycles. The highest BCUT2D eigenvalue weighted by molar-refractivity contribution is 6.55. The SMILES string of the molecule is CCc1cc(OCC=C(Cl)Cl)cc(C)c1OCCCCOCC(OC)OC. The number of aryl methyl sites for hydroxylation is 2. The lowest BCUT2D eigenvalue weighted by Gasteiger charge is -2.16. The van der Waals surface area contributed by atoms with E-state index in [9.17, 15) is 0 Å². The zero-order valence-corrected chi connectivity index (χ0v) is 18.1. The number of ether oxygens (including phenoxy) is 5. The molecule has 0 unspecified atom stereocenters. The summed E-state index contributed by atoms with van der Waals surface area (Å²) in [5, 5.41) is 0. The highest BCUT2D eigenvalue weighted by atomic mass is 35.5. The van der Waals surface area contributed by atoms with Crippen molar-refractivity contribution < 1.29 is 23.7 Å². The van der Waals surface area contributed by atoms with Crippen molar-refractivity contribution >= 4 is 23.2 Å². The average molecular weight is 421 g/mol. The van der Waals surface area contributed by atoms with Crippen LogP contribution in [0.2, 0.25) is 0 Å². The molecule has 1 rings (SSSR count). The smallest absolute Gasteiger partial charge is 0.180 e. The molecule has 154 valence electrons. The quantitative estimate of drug-likeness (QED) is 0.311. The van der Waals surface area contributed by atoms with Crippen molar-refractivity contribution in [1.82, 2.24) is 0 Å². The predicted octanol–water partition coefficient (Wildman–Crippen LogP) is 5.05. The van der Waals surface area contributed by atoms with Crippen LogP contribution in [0.3, 0.4) is 0 Å². The minimum atomic E-state index is -0.312. The minimum absolute atomic E-state index is 0.200. The Morgan fingerprint density at radius 2 is 1.78 bits per heavy atom. The third-order valence-corrected chi connectivity index (χ3v) is 4.21. The van der Waals surface area contributed by atoms with Gasteiger partial charge >= 0.3 is 0 Å². The summed E-state index contributed by atoms with van der Waals surface area (Å²) in [4.78, 5) is 0. The van der Waals surface area contributed by atoms with Gasteiger partial charge in [-0.25, -0.2) is 0 Å². The molecule has 0 aliphatic rings. The minimum Gasteiger partial charge on any atom is -0.493 e. The van der Waals surface area contributed by atoms with Crippen LogP contribution in [0.4, 0.5) is 0 Å². The molecule has 0 aliphatic carbocycles. The Hall–Kier alpha value is -0.980. The number of methoxy groups -OCH3 is 2. The summed E-state index contributed by atoms with van der Waals surface area (Å²) in [5.74, 6) is 1.71. The van der Waals surface area contributed by atoms with Crippen molar-refractivity contribution in [2.45, 2.75) is 39.4 Å². The van der Waals surface area contributed by atoms with Gasteiger partial charge in [-0.3, -0.25) is 0 Å². The van der Waals surface area contributed by atoms with Crippen LogP contribution in [-0.2, 0) is 20.6 Å². The molecule has 0 saturated carbocycles. The number of unbranched alkanes of at least 4 members (excludes halogenated alkanes) is 1. The van der Waals surface area contributed by atoms with Crippen molar-refractivity contribution in [2.24, 2.45) is 0 Å². The lowest BCUT2D eigenvalue weighted by Crippen LogP contribution is -2.20. The van der Waals surface area contributed by atoms with E-state index in [1.807, 2.05) is 19.1 Å².